The predicted molar refractivity (Wildman–Crippen MR) is 62.4 cm³/mol. The van der Waals surface area contributed by atoms with Gasteiger partial charge in [-0.15, -0.1) is 11.8 Å². The smallest absolute Gasteiger partial charge is 0.133 e. The van der Waals surface area contributed by atoms with Crippen LogP contribution in [0.3, 0.4) is 0 Å². The van der Waals surface area contributed by atoms with Gasteiger partial charge in [-0.25, -0.2) is 0 Å². The van der Waals surface area contributed by atoms with Crippen LogP contribution in [0.4, 0.5) is 0 Å². The Morgan fingerprint density at radius 3 is 2.86 bits per heavy atom. The van der Waals surface area contributed by atoms with Crippen molar-refractivity contribution in [2.45, 2.75) is 20.3 Å². The van der Waals surface area contributed by atoms with Gasteiger partial charge in [-0.3, -0.25) is 0 Å². The van der Waals surface area contributed by atoms with Gasteiger partial charge in [0.25, 0.3) is 0 Å². The highest BCUT2D eigenvalue weighted by molar-refractivity contribution is 9.10. The highest BCUT2D eigenvalue weighted by Crippen LogP contribution is 2.25. The first-order valence-corrected chi connectivity index (χ1v) is 5.32. The van der Waals surface area contributed by atoms with Crippen molar-refractivity contribution in [3.63, 3.8) is 0 Å². The van der Waals surface area contributed by atoms with Gasteiger partial charge in [-0.1, -0.05) is 6.07 Å². The van der Waals surface area contributed by atoms with Gasteiger partial charge in [-0.2, -0.15) is 0 Å². The lowest BCUT2D eigenvalue weighted by atomic mass is 10.2. The summed E-state index contributed by atoms with van der Waals surface area (Å²) in [6, 6.07) is 6.05. The summed E-state index contributed by atoms with van der Waals surface area (Å²) in [5.74, 6) is 6.68. The van der Waals surface area contributed by atoms with Crippen molar-refractivity contribution in [3.8, 4) is 17.6 Å². The third-order valence-electron chi connectivity index (χ3n) is 1.75. The molecule has 0 spiro atoms. The summed E-state index contributed by atoms with van der Waals surface area (Å²) in [4.78, 5) is 0. The third-order valence-corrected chi connectivity index (χ3v) is 2.37. The van der Waals surface area contributed by atoms with E-state index in [1.807, 2.05) is 25.1 Å². The standard InChI is InChI=1S/C12H13BrO/c1-3-4-5-8-14-12-7-6-10(2)9-11(12)13/h6-7,9H,5,8H2,1-2H3. The van der Waals surface area contributed by atoms with E-state index in [9.17, 15) is 0 Å². The average molecular weight is 253 g/mol. The second kappa shape index (κ2) is 5.72. The predicted octanol–water partition coefficient (Wildman–Crippen LogP) is 3.55. The molecule has 0 bridgehead atoms. The molecule has 1 nitrogen and oxygen atoms in total. The lowest BCUT2D eigenvalue weighted by molar-refractivity contribution is 0.325. The second-order valence-corrected chi connectivity index (χ2v) is 3.81. The number of hydrogen-bond donors (Lipinski definition) is 0. The van der Waals surface area contributed by atoms with Crippen LogP contribution in [0.15, 0.2) is 22.7 Å². The summed E-state index contributed by atoms with van der Waals surface area (Å²) < 4.78 is 6.55. The van der Waals surface area contributed by atoms with Crippen molar-refractivity contribution in [2.75, 3.05) is 6.61 Å². The van der Waals surface area contributed by atoms with E-state index in [0.29, 0.717) is 6.61 Å². The molecule has 0 heterocycles. The summed E-state index contributed by atoms with van der Waals surface area (Å²) in [5.41, 5.74) is 1.22. The molecule has 0 amide bonds. The molecule has 0 unspecified atom stereocenters. The Labute approximate surface area is 93.6 Å². The van der Waals surface area contributed by atoms with Gasteiger partial charge < -0.3 is 4.74 Å². The van der Waals surface area contributed by atoms with E-state index in [1.54, 1.807) is 0 Å². The minimum Gasteiger partial charge on any atom is -0.491 e. The lowest BCUT2D eigenvalue weighted by Crippen LogP contribution is -1.96. The van der Waals surface area contributed by atoms with Crippen molar-refractivity contribution in [1.29, 1.82) is 0 Å². The summed E-state index contributed by atoms with van der Waals surface area (Å²) >= 11 is 3.46. The number of ether oxygens (including phenoxy) is 1. The first-order chi connectivity index (χ1) is 6.74. The van der Waals surface area contributed by atoms with Crippen LogP contribution < -0.4 is 4.74 Å². The first-order valence-electron chi connectivity index (χ1n) is 4.52. The third kappa shape index (κ3) is 3.43. The van der Waals surface area contributed by atoms with E-state index >= 15 is 0 Å². The zero-order valence-electron chi connectivity index (χ0n) is 8.43. The van der Waals surface area contributed by atoms with Gasteiger partial charge in [0.2, 0.25) is 0 Å². The molecule has 14 heavy (non-hydrogen) atoms. The van der Waals surface area contributed by atoms with E-state index in [1.165, 1.54) is 5.56 Å². The van der Waals surface area contributed by atoms with E-state index < -0.39 is 0 Å². The zero-order valence-corrected chi connectivity index (χ0v) is 10.0. The van der Waals surface area contributed by atoms with Crippen LogP contribution in [0, 0.1) is 18.8 Å². The molecule has 0 atom stereocenters. The Morgan fingerprint density at radius 2 is 2.21 bits per heavy atom. The number of rotatable bonds is 3. The highest BCUT2D eigenvalue weighted by Gasteiger charge is 1.99. The van der Waals surface area contributed by atoms with Crippen molar-refractivity contribution >= 4 is 15.9 Å². The molecule has 0 N–H and O–H groups in total. The van der Waals surface area contributed by atoms with Crippen molar-refractivity contribution in [2.24, 2.45) is 0 Å². The monoisotopic (exact) mass is 252 g/mol. The maximum absolute atomic E-state index is 5.54. The molecule has 0 aliphatic carbocycles. The number of aryl methyl sites for hydroxylation is 1. The van der Waals surface area contributed by atoms with Gasteiger partial charge in [0.1, 0.15) is 5.75 Å². The Morgan fingerprint density at radius 1 is 1.43 bits per heavy atom. The Balaban J connectivity index is 2.53. The van der Waals surface area contributed by atoms with Crippen LogP contribution in [0.1, 0.15) is 18.9 Å². The zero-order chi connectivity index (χ0) is 10.4. The number of benzene rings is 1. The molecule has 1 aromatic carbocycles. The molecular weight excluding hydrogens is 240 g/mol. The topological polar surface area (TPSA) is 9.23 Å². The number of hydrogen-bond acceptors (Lipinski definition) is 1. The van der Waals surface area contributed by atoms with Crippen LogP contribution in [0.25, 0.3) is 0 Å². The molecule has 74 valence electrons. The fourth-order valence-corrected chi connectivity index (χ4v) is 1.67. The molecule has 0 aromatic heterocycles. The van der Waals surface area contributed by atoms with E-state index in [-0.39, 0.29) is 0 Å². The highest BCUT2D eigenvalue weighted by atomic mass is 79.9. The minimum absolute atomic E-state index is 0.641. The summed E-state index contributed by atoms with van der Waals surface area (Å²) in [6.07, 6.45) is 0.775. The van der Waals surface area contributed by atoms with Crippen LogP contribution in [-0.4, -0.2) is 6.61 Å². The maximum Gasteiger partial charge on any atom is 0.133 e. The molecule has 0 radical (unpaired) electrons. The van der Waals surface area contributed by atoms with Crippen molar-refractivity contribution < 1.29 is 4.74 Å². The SMILES string of the molecule is CC#CCCOc1ccc(C)cc1Br. The maximum atomic E-state index is 5.54. The molecule has 1 rings (SSSR count). The van der Waals surface area contributed by atoms with E-state index in [4.69, 9.17) is 4.74 Å². The van der Waals surface area contributed by atoms with E-state index in [2.05, 4.69) is 34.7 Å². The van der Waals surface area contributed by atoms with Crippen molar-refractivity contribution in [1.82, 2.24) is 0 Å². The van der Waals surface area contributed by atoms with Gasteiger partial charge in [0.15, 0.2) is 0 Å². The van der Waals surface area contributed by atoms with Gasteiger partial charge in [-0.05, 0) is 47.5 Å². The molecule has 1 aromatic rings. The first kappa shape index (κ1) is 11.1. The summed E-state index contributed by atoms with van der Waals surface area (Å²) in [6.45, 7) is 4.53. The molecule has 0 fully saturated rings. The van der Waals surface area contributed by atoms with Gasteiger partial charge >= 0.3 is 0 Å². The molecular formula is C12H13BrO. The van der Waals surface area contributed by atoms with Crippen LogP contribution >= 0.6 is 15.9 Å². The second-order valence-electron chi connectivity index (χ2n) is 2.96. The van der Waals surface area contributed by atoms with Crippen LogP contribution in [-0.2, 0) is 0 Å². The number of halogens is 1. The van der Waals surface area contributed by atoms with Crippen molar-refractivity contribution in [3.05, 3.63) is 28.2 Å². The summed E-state index contributed by atoms with van der Waals surface area (Å²) in [5, 5.41) is 0. The minimum atomic E-state index is 0.641. The molecule has 0 aliphatic heterocycles. The van der Waals surface area contributed by atoms with Crippen LogP contribution in [0.5, 0.6) is 5.75 Å². The summed E-state index contributed by atoms with van der Waals surface area (Å²) in [7, 11) is 0. The van der Waals surface area contributed by atoms with Gasteiger partial charge in [0, 0.05) is 6.42 Å². The Kier molecular flexibility index (Phi) is 4.55. The normalized spacial score (nSPS) is 9.07. The van der Waals surface area contributed by atoms with Gasteiger partial charge in [0.05, 0.1) is 11.1 Å². The Hall–Kier alpha value is -0.940. The fraction of sp³-hybridized carbons (Fsp3) is 0.333. The fourth-order valence-electron chi connectivity index (χ4n) is 1.06. The quantitative estimate of drug-likeness (QED) is 0.591. The molecule has 2 heteroatoms. The van der Waals surface area contributed by atoms with E-state index in [0.717, 1.165) is 16.6 Å². The largest absolute Gasteiger partial charge is 0.491 e. The lowest BCUT2D eigenvalue weighted by Gasteiger charge is -2.06. The molecule has 0 saturated heterocycles. The van der Waals surface area contributed by atoms with Crippen LogP contribution in [0.2, 0.25) is 0 Å². The Bertz CT molecular complexity index is 360. The molecule has 0 aliphatic rings. The average Bonchev–Trinajstić information content (AvgIpc) is 2.15. The molecule has 0 saturated carbocycles.